The number of carbonyl (C=O) groups excluding carboxylic acids is 1. The molecule has 0 unspecified atom stereocenters. The maximum absolute atomic E-state index is 12.6. The van der Waals surface area contributed by atoms with E-state index in [0.29, 0.717) is 16.1 Å². The zero-order chi connectivity index (χ0) is 15.2. The standard InChI is InChI=1S/C17H14BrClO2/c1-17(2)9-11-7-10(3-6-15(11)21-17)16(20)13-5-4-12(18)8-14(13)19/h3-8H,9H2,1-2H3. The summed E-state index contributed by atoms with van der Waals surface area (Å²) in [5.41, 5.74) is 2.01. The van der Waals surface area contributed by atoms with Crippen LogP contribution in [0.15, 0.2) is 40.9 Å². The monoisotopic (exact) mass is 364 g/mol. The summed E-state index contributed by atoms with van der Waals surface area (Å²) in [4.78, 5) is 12.6. The summed E-state index contributed by atoms with van der Waals surface area (Å²) >= 11 is 9.50. The van der Waals surface area contributed by atoms with Crippen molar-refractivity contribution in [3.63, 3.8) is 0 Å². The van der Waals surface area contributed by atoms with Crippen molar-refractivity contribution in [1.29, 1.82) is 0 Å². The van der Waals surface area contributed by atoms with Crippen LogP contribution in [0.5, 0.6) is 5.75 Å². The van der Waals surface area contributed by atoms with Gasteiger partial charge in [-0.05, 0) is 55.8 Å². The Hall–Kier alpha value is -1.32. The Morgan fingerprint density at radius 1 is 1.24 bits per heavy atom. The smallest absolute Gasteiger partial charge is 0.194 e. The first-order valence-electron chi connectivity index (χ1n) is 6.67. The van der Waals surface area contributed by atoms with E-state index in [-0.39, 0.29) is 11.4 Å². The van der Waals surface area contributed by atoms with Crippen LogP contribution in [0.1, 0.15) is 35.3 Å². The van der Waals surface area contributed by atoms with E-state index in [2.05, 4.69) is 15.9 Å². The van der Waals surface area contributed by atoms with E-state index >= 15 is 0 Å². The van der Waals surface area contributed by atoms with Gasteiger partial charge in [-0.3, -0.25) is 4.79 Å². The Balaban J connectivity index is 1.97. The van der Waals surface area contributed by atoms with Crippen LogP contribution in [-0.2, 0) is 6.42 Å². The third kappa shape index (κ3) is 2.85. The van der Waals surface area contributed by atoms with Crippen LogP contribution in [0.3, 0.4) is 0 Å². The molecule has 0 saturated heterocycles. The number of rotatable bonds is 2. The molecule has 2 nitrogen and oxygen atoms in total. The topological polar surface area (TPSA) is 26.3 Å². The lowest BCUT2D eigenvalue weighted by molar-refractivity contribution is 0.103. The number of carbonyl (C=O) groups is 1. The third-order valence-electron chi connectivity index (χ3n) is 3.50. The molecule has 0 N–H and O–H groups in total. The Bertz CT molecular complexity index is 738. The minimum Gasteiger partial charge on any atom is -0.487 e. The minimum atomic E-state index is -0.209. The van der Waals surface area contributed by atoms with Gasteiger partial charge >= 0.3 is 0 Å². The van der Waals surface area contributed by atoms with Crippen LogP contribution >= 0.6 is 27.5 Å². The fourth-order valence-corrected chi connectivity index (χ4v) is 3.34. The van der Waals surface area contributed by atoms with Gasteiger partial charge in [0.1, 0.15) is 11.4 Å². The molecule has 3 rings (SSSR count). The van der Waals surface area contributed by atoms with E-state index in [1.165, 1.54) is 0 Å². The van der Waals surface area contributed by atoms with Crippen LogP contribution in [0, 0.1) is 0 Å². The molecule has 0 aromatic heterocycles. The summed E-state index contributed by atoms with van der Waals surface area (Å²) < 4.78 is 6.69. The molecule has 2 aromatic carbocycles. The van der Waals surface area contributed by atoms with Gasteiger partial charge in [0.05, 0.1) is 5.02 Å². The van der Waals surface area contributed by atoms with Crippen LogP contribution < -0.4 is 4.74 Å². The summed E-state index contributed by atoms with van der Waals surface area (Å²) in [6.45, 7) is 4.08. The van der Waals surface area contributed by atoms with E-state index in [0.717, 1.165) is 22.2 Å². The molecular weight excluding hydrogens is 352 g/mol. The Kier molecular flexibility index (Phi) is 3.58. The van der Waals surface area contributed by atoms with E-state index in [4.69, 9.17) is 16.3 Å². The average molecular weight is 366 g/mol. The van der Waals surface area contributed by atoms with Gasteiger partial charge in [-0.2, -0.15) is 0 Å². The zero-order valence-electron chi connectivity index (χ0n) is 11.7. The number of halogens is 2. The molecule has 0 bridgehead atoms. The van der Waals surface area contributed by atoms with Gasteiger partial charge in [-0.15, -0.1) is 0 Å². The van der Waals surface area contributed by atoms with Gasteiger partial charge in [-0.1, -0.05) is 27.5 Å². The molecular formula is C17H14BrClO2. The first-order chi connectivity index (χ1) is 9.85. The molecule has 0 fully saturated rings. The van der Waals surface area contributed by atoms with Crippen LogP contribution in [0.25, 0.3) is 0 Å². The molecule has 4 heteroatoms. The SMILES string of the molecule is CC1(C)Cc2cc(C(=O)c3ccc(Br)cc3Cl)ccc2O1. The van der Waals surface area contributed by atoms with Crippen molar-refractivity contribution in [2.45, 2.75) is 25.9 Å². The molecule has 1 heterocycles. The number of ether oxygens (including phenoxy) is 1. The molecule has 108 valence electrons. The Morgan fingerprint density at radius 2 is 2.00 bits per heavy atom. The predicted molar refractivity (Wildman–Crippen MR) is 87.4 cm³/mol. The molecule has 0 saturated carbocycles. The molecule has 1 aliphatic heterocycles. The van der Waals surface area contributed by atoms with Gasteiger partial charge < -0.3 is 4.74 Å². The first kappa shape index (κ1) is 14.6. The highest BCUT2D eigenvalue weighted by Gasteiger charge is 2.30. The van der Waals surface area contributed by atoms with Gasteiger partial charge in [0.2, 0.25) is 0 Å². The van der Waals surface area contributed by atoms with Crippen molar-refractivity contribution in [3.8, 4) is 5.75 Å². The van der Waals surface area contributed by atoms with Crippen molar-refractivity contribution >= 4 is 33.3 Å². The Morgan fingerprint density at radius 3 is 2.71 bits per heavy atom. The number of hydrogen-bond donors (Lipinski definition) is 0. The lowest BCUT2D eigenvalue weighted by atomic mass is 9.97. The second-order valence-electron chi connectivity index (χ2n) is 5.81. The van der Waals surface area contributed by atoms with Gasteiger partial charge in [-0.25, -0.2) is 0 Å². The molecule has 1 aliphatic rings. The van der Waals surface area contributed by atoms with E-state index in [1.807, 2.05) is 32.0 Å². The summed E-state index contributed by atoms with van der Waals surface area (Å²) in [6.07, 6.45) is 0.803. The number of fused-ring (bicyclic) bond motifs is 1. The van der Waals surface area contributed by atoms with Crippen molar-refractivity contribution in [1.82, 2.24) is 0 Å². The lowest BCUT2D eigenvalue weighted by Gasteiger charge is -2.16. The van der Waals surface area contributed by atoms with Crippen molar-refractivity contribution < 1.29 is 9.53 Å². The fourth-order valence-electron chi connectivity index (χ4n) is 2.58. The van der Waals surface area contributed by atoms with Gasteiger partial charge in [0, 0.05) is 22.0 Å². The van der Waals surface area contributed by atoms with Crippen molar-refractivity contribution in [2.24, 2.45) is 0 Å². The molecule has 0 amide bonds. The van der Waals surface area contributed by atoms with E-state index in [1.54, 1.807) is 18.2 Å². The molecule has 0 aliphatic carbocycles. The maximum Gasteiger partial charge on any atom is 0.194 e. The highest BCUT2D eigenvalue weighted by atomic mass is 79.9. The fraction of sp³-hybridized carbons (Fsp3) is 0.235. The van der Waals surface area contributed by atoms with Crippen LogP contribution in [0.4, 0.5) is 0 Å². The summed E-state index contributed by atoms with van der Waals surface area (Å²) in [5, 5.41) is 0.450. The zero-order valence-corrected chi connectivity index (χ0v) is 14.1. The van der Waals surface area contributed by atoms with Crippen LogP contribution in [-0.4, -0.2) is 11.4 Å². The van der Waals surface area contributed by atoms with Gasteiger partial charge in [0.15, 0.2) is 5.78 Å². The molecule has 0 spiro atoms. The van der Waals surface area contributed by atoms with E-state index in [9.17, 15) is 4.79 Å². The summed E-state index contributed by atoms with van der Waals surface area (Å²) in [5.74, 6) is 0.790. The Labute approximate surface area is 137 Å². The molecule has 0 radical (unpaired) electrons. The normalized spacial score (nSPS) is 15.4. The molecule has 21 heavy (non-hydrogen) atoms. The number of benzene rings is 2. The number of ketones is 1. The highest BCUT2D eigenvalue weighted by Crippen LogP contribution is 2.36. The average Bonchev–Trinajstić information content (AvgIpc) is 2.70. The highest BCUT2D eigenvalue weighted by molar-refractivity contribution is 9.10. The lowest BCUT2D eigenvalue weighted by Crippen LogP contribution is -2.24. The predicted octanol–water partition coefficient (Wildman–Crippen LogP) is 5.05. The quantitative estimate of drug-likeness (QED) is 0.696. The second kappa shape index (κ2) is 5.15. The number of hydrogen-bond acceptors (Lipinski definition) is 2. The molecule has 2 aromatic rings. The second-order valence-corrected chi connectivity index (χ2v) is 7.14. The van der Waals surface area contributed by atoms with Crippen molar-refractivity contribution in [3.05, 3.63) is 62.6 Å². The van der Waals surface area contributed by atoms with Crippen molar-refractivity contribution in [2.75, 3.05) is 0 Å². The summed E-state index contributed by atoms with van der Waals surface area (Å²) in [7, 11) is 0. The minimum absolute atomic E-state index is 0.0694. The van der Waals surface area contributed by atoms with Gasteiger partial charge in [0.25, 0.3) is 0 Å². The first-order valence-corrected chi connectivity index (χ1v) is 7.84. The third-order valence-corrected chi connectivity index (χ3v) is 4.31. The van der Waals surface area contributed by atoms with E-state index < -0.39 is 0 Å². The maximum atomic E-state index is 12.6. The molecule has 0 atom stereocenters. The van der Waals surface area contributed by atoms with Crippen LogP contribution in [0.2, 0.25) is 5.02 Å². The summed E-state index contributed by atoms with van der Waals surface area (Å²) in [6, 6.07) is 10.9. The largest absolute Gasteiger partial charge is 0.487 e.